The van der Waals surface area contributed by atoms with Crippen LogP contribution in [0.3, 0.4) is 0 Å². The molecule has 1 aliphatic carbocycles. The van der Waals surface area contributed by atoms with Crippen LogP contribution in [0.1, 0.15) is 57.4 Å². The predicted octanol–water partition coefficient (Wildman–Crippen LogP) is 2.65. The van der Waals surface area contributed by atoms with Crippen LogP contribution in [0.25, 0.3) is 0 Å². The lowest BCUT2D eigenvalue weighted by molar-refractivity contribution is -0.121. The lowest BCUT2D eigenvalue weighted by atomic mass is 9.95. The molecule has 29 heavy (non-hydrogen) atoms. The molecule has 2 fully saturated rings. The second-order valence-electron chi connectivity index (χ2n) is 8.49. The highest BCUT2D eigenvalue weighted by Gasteiger charge is 2.29. The molecule has 0 radical (unpaired) electrons. The van der Waals surface area contributed by atoms with E-state index in [2.05, 4.69) is 63.1 Å². The summed E-state index contributed by atoms with van der Waals surface area (Å²) in [6, 6.07) is 11.9. The lowest BCUT2D eigenvalue weighted by Gasteiger charge is -2.23. The number of nitrogens with one attached hydrogen (secondary N) is 3. The fourth-order valence-corrected chi connectivity index (χ4v) is 4.47. The molecule has 3 N–H and O–H groups in total. The maximum Gasteiger partial charge on any atom is 0.221 e. The number of carbonyl (C=O) groups excluding carboxylic acids is 1. The van der Waals surface area contributed by atoms with Gasteiger partial charge in [-0.05, 0) is 31.7 Å². The van der Waals surface area contributed by atoms with E-state index in [1.54, 1.807) is 7.05 Å². The van der Waals surface area contributed by atoms with E-state index in [9.17, 15) is 4.79 Å². The molecule has 0 aromatic heterocycles. The number of hydrogen-bond donors (Lipinski definition) is 3. The van der Waals surface area contributed by atoms with E-state index in [-0.39, 0.29) is 5.91 Å². The summed E-state index contributed by atoms with van der Waals surface area (Å²) in [6.07, 6.45) is 7.61. The van der Waals surface area contributed by atoms with Crippen LogP contribution in [0, 0.1) is 0 Å². The molecule has 1 aromatic rings. The van der Waals surface area contributed by atoms with Gasteiger partial charge in [0.05, 0.1) is 0 Å². The Kier molecular flexibility index (Phi) is 8.35. The topological polar surface area (TPSA) is 68.8 Å². The predicted molar refractivity (Wildman–Crippen MR) is 119 cm³/mol. The van der Waals surface area contributed by atoms with Crippen LogP contribution in [-0.2, 0) is 11.3 Å². The molecule has 3 rings (SSSR count). The summed E-state index contributed by atoms with van der Waals surface area (Å²) < 4.78 is 0. The van der Waals surface area contributed by atoms with Crippen LogP contribution < -0.4 is 16.0 Å². The normalized spacial score (nSPS) is 23.7. The lowest BCUT2D eigenvalue weighted by Crippen LogP contribution is -2.45. The number of nitrogens with zero attached hydrogens (tertiary/aromatic N) is 2. The van der Waals surface area contributed by atoms with Gasteiger partial charge in [-0.15, -0.1) is 0 Å². The number of likely N-dealkylation sites (tertiary alicyclic amines) is 1. The first-order chi connectivity index (χ1) is 14.1. The Morgan fingerprint density at radius 2 is 1.86 bits per heavy atom. The third-order valence-electron chi connectivity index (χ3n) is 6.11. The van der Waals surface area contributed by atoms with Gasteiger partial charge < -0.3 is 16.0 Å². The number of amides is 1. The molecule has 1 heterocycles. The minimum atomic E-state index is 0.142. The molecule has 0 bridgehead atoms. The number of rotatable bonds is 7. The van der Waals surface area contributed by atoms with Gasteiger partial charge in [-0.3, -0.25) is 14.7 Å². The third-order valence-corrected chi connectivity index (χ3v) is 6.11. The first kappa shape index (κ1) is 21.6. The van der Waals surface area contributed by atoms with E-state index in [0.717, 1.165) is 38.3 Å². The highest BCUT2D eigenvalue weighted by molar-refractivity contribution is 5.81. The fraction of sp³-hybridized carbons (Fsp3) is 0.652. The van der Waals surface area contributed by atoms with E-state index < -0.39 is 0 Å². The average Bonchev–Trinajstić information content (AvgIpc) is 3.07. The molecule has 160 valence electrons. The SMILES string of the molecule is CN=C(NCCC(=O)NC1CCCCC1)NC1CC(C)N(Cc2ccccc2)C1. The van der Waals surface area contributed by atoms with E-state index >= 15 is 0 Å². The summed E-state index contributed by atoms with van der Waals surface area (Å²) in [4.78, 5) is 19.0. The van der Waals surface area contributed by atoms with E-state index in [1.807, 2.05) is 0 Å². The van der Waals surface area contributed by atoms with Gasteiger partial charge in [0.2, 0.25) is 5.91 Å². The maximum absolute atomic E-state index is 12.2. The van der Waals surface area contributed by atoms with Crippen molar-refractivity contribution in [3.63, 3.8) is 0 Å². The summed E-state index contributed by atoms with van der Waals surface area (Å²) in [6.45, 7) is 4.87. The van der Waals surface area contributed by atoms with Gasteiger partial charge in [0, 0.05) is 51.2 Å². The van der Waals surface area contributed by atoms with Gasteiger partial charge in [0.15, 0.2) is 5.96 Å². The molecule has 2 atom stereocenters. The molecule has 2 unspecified atom stereocenters. The molecule has 1 amide bonds. The average molecular weight is 400 g/mol. The minimum Gasteiger partial charge on any atom is -0.356 e. The zero-order valence-electron chi connectivity index (χ0n) is 18.0. The van der Waals surface area contributed by atoms with Crippen molar-refractivity contribution in [2.45, 2.75) is 76.5 Å². The van der Waals surface area contributed by atoms with Crippen molar-refractivity contribution >= 4 is 11.9 Å². The molecule has 6 heteroatoms. The summed E-state index contributed by atoms with van der Waals surface area (Å²) >= 11 is 0. The first-order valence-electron chi connectivity index (χ1n) is 11.2. The van der Waals surface area contributed by atoms with E-state index in [1.165, 1.54) is 24.8 Å². The molecule has 1 saturated heterocycles. The smallest absolute Gasteiger partial charge is 0.221 e. The number of guanidine groups is 1. The Labute approximate surface area is 175 Å². The van der Waals surface area contributed by atoms with Crippen molar-refractivity contribution in [1.29, 1.82) is 0 Å². The second-order valence-corrected chi connectivity index (χ2v) is 8.49. The number of carbonyl (C=O) groups is 1. The monoisotopic (exact) mass is 399 g/mol. The largest absolute Gasteiger partial charge is 0.356 e. The van der Waals surface area contributed by atoms with Crippen LogP contribution in [-0.4, -0.2) is 55.0 Å². The van der Waals surface area contributed by atoms with Gasteiger partial charge in [-0.1, -0.05) is 49.6 Å². The molecule has 2 aliphatic rings. The van der Waals surface area contributed by atoms with Crippen molar-refractivity contribution in [3.8, 4) is 0 Å². The van der Waals surface area contributed by atoms with Crippen molar-refractivity contribution in [2.75, 3.05) is 20.1 Å². The highest BCUT2D eigenvalue weighted by atomic mass is 16.1. The zero-order valence-corrected chi connectivity index (χ0v) is 18.0. The Hall–Kier alpha value is -2.08. The van der Waals surface area contributed by atoms with Crippen LogP contribution in [0.2, 0.25) is 0 Å². The summed E-state index contributed by atoms with van der Waals surface area (Å²) in [5.41, 5.74) is 1.35. The van der Waals surface area contributed by atoms with Gasteiger partial charge in [0.25, 0.3) is 0 Å². The van der Waals surface area contributed by atoms with Gasteiger partial charge in [-0.2, -0.15) is 0 Å². The van der Waals surface area contributed by atoms with Gasteiger partial charge in [-0.25, -0.2) is 0 Å². The highest BCUT2D eigenvalue weighted by Crippen LogP contribution is 2.20. The third kappa shape index (κ3) is 7.03. The second kappa shape index (κ2) is 11.2. The van der Waals surface area contributed by atoms with E-state index in [0.29, 0.717) is 31.1 Å². The number of aliphatic imine (C=N–C) groups is 1. The molecular weight excluding hydrogens is 362 g/mol. The Bertz CT molecular complexity index is 656. The zero-order chi connectivity index (χ0) is 20.5. The maximum atomic E-state index is 12.2. The van der Waals surface area contributed by atoms with Crippen LogP contribution in [0.4, 0.5) is 0 Å². The number of hydrogen-bond acceptors (Lipinski definition) is 3. The van der Waals surface area contributed by atoms with Crippen LogP contribution in [0.5, 0.6) is 0 Å². The van der Waals surface area contributed by atoms with Crippen LogP contribution in [0.15, 0.2) is 35.3 Å². The van der Waals surface area contributed by atoms with Crippen molar-refractivity contribution < 1.29 is 4.79 Å². The summed E-state index contributed by atoms with van der Waals surface area (Å²) in [5.74, 6) is 0.928. The Morgan fingerprint density at radius 1 is 1.10 bits per heavy atom. The quantitative estimate of drug-likeness (QED) is 0.487. The molecular formula is C23H37N5O. The summed E-state index contributed by atoms with van der Waals surface area (Å²) in [7, 11) is 1.79. The standard InChI is InChI=1S/C23H37N5O/c1-18-15-21(17-28(18)16-19-9-5-3-6-10-19)27-23(24-2)25-14-13-22(29)26-20-11-7-4-8-12-20/h3,5-6,9-10,18,20-21H,4,7-8,11-17H2,1-2H3,(H,26,29)(H2,24,25,27). The minimum absolute atomic E-state index is 0.142. The fourth-order valence-electron chi connectivity index (χ4n) is 4.47. The molecule has 0 spiro atoms. The first-order valence-corrected chi connectivity index (χ1v) is 11.2. The Morgan fingerprint density at radius 3 is 2.59 bits per heavy atom. The molecule has 1 aromatic carbocycles. The van der Waals surface area contributed by atoms with Gasteiger partial charge in [0.1, 0.15) is 0 Å². The molecule has 1 aliphatic heterocycles. The Balaban J connectivity index is 1.36. The summed E-state index contributed by atoms with van der Waals surface area (Å²) in [5, 5.41) is 10.0. The van der Waals surface area contributed by atoms with Crippen molar-refractivity contribution in [3.05, 3.63) is 35.9 Å². The van der Waals surface area contributed by atoms with Gasteiger partial charge >= 0.3 is 0 Å². The van der Waals surface area contributed by atoms with E-state index in [4.69, 9.17) is 0 Å². The number of benzene rings is 1. The molecule has 6 nitrogen and oxygen atoms in total. The molecule has 1 saturated carbocycles. The van der Waals surface area contributed by atoms with Crippen molar-refractivity contribution in [2.24, 2.45) is 4.99 Å². The van der Waals surface area contributed by atoms with Crippen LogP contribution >= 0.6 is 0 Å². The van der Waals surface area contributed by atoms with Crippen molar-refractivity contribution in [1.82, 2.24) is 20.9 Å².